The number of hydrogen-bond donors (Lipinski definition) is 2. The molecule has 1 saturated heterocycles. The summed E-state index contributed by atoms with van der Waals surface area (Å²) in [5.41, 5.74) is 0.616. The summed E-state index contributed by atoms with van der Waals surface area (Å²) >= 11 is 11.8. The number of anilines is 1. The van der Waals surface area contributed by atoms with Gasteiger partial charge in [-0.1, -0.05) is 23.2 Å². The third-order valence-corrected chi connectivity index (χ3v) is 4.87. The monoisotopic (exact) mass is 409 g/mol. The number of nitrogens with one attached hydrogen (secondary N) is 1. The van der Waals surface area contributed by atoms with Crippen molar-refractivity contribution in [3.8, 4) is 0 Å². The third-order valence-electron chi connectivity index (χ3n) is 4.14. The van der Waals surface area contributed by atoms with Gasteiger partial charge in [0.05, 0.1) is 23.1 Å². The van der Waals surface area contributed by atoms with Crippen molar-refractivity contribution in [2.45, 2.75) is 18.9 Å². The van der Waals surface area contributed by atoms with Gasteiger partial charge < -0.3 is 10.4 Å². The number of likely N-dealkylation sites (tertiary alicyclic amines) is 1. The molecule has 0 unspecified atom stereocenters. The smallest absolute Gasteiger partial charge is 0.317 e. The number of carboxylic acid groups (broad SMARTS) is 1. The molecule has 9 heteroatoms. The van der Waals surface area contributed by atoms with Gasteiger partial charge in [0.25, 0.3) is 0 Å². The fourth-order valence-corrected chi connectivity index (χ4v) is 3.14. The summed E-state index contributed by atoms with van der Waals surface area (Å²) in [4.78, 5) is 26.8. The van der Waals surface area contributed by atoms with Gasteiger partial charge in [-0.25, -0.2) is 0 Å². The van der Waals surface area contributed by atoms with E-state index in [4.69, 9.17) is 28.3 Å². The first-order chi connectivity index (χ1) is 11.3. The average molecular weight is 411 g/mol. The lowest BCUT2D eigenvalue weighted by atomic mass is 10.0. The lowest BCUT2D eigenvalue weighted by Gasteiger charge is -2.35. The third kappa shape index (κ3) is 6.99. The summed E-state index contributed by atoms with van der Waals surface area (Å²) in [5, 5.41) is 12.5. The van der Waals surface area contributed by atoms with Crippen LogP contribution in [-0.4, -0.2) is 66.1 Å². The van der Waals surface area contributed by atoms with Crippen molar-refractivity contribution in [2.75, 3.05) is 38.5 Å². The second-order valence-electron chi connectivity index (χ2n) is 5.99. The van der Waals surface area contributed by atoms with E-state index in [9.17, 15) is 9.59 Å². The largest absolute Gasteiger partial charge is 0.480 e. The molecule has 1 fully saturated rings. The van der Waals surface area contributed by atoms with Crippen molar-refractivity contribution >= 4 is 53.2 Å². The first-order valence-corrected chi connectivity index (χ1v) is 8.50. The van der Waals surface area contributed by atoms with Crippen molar-refractivity contribution in [1.82, 2.24) is 9.80 Å². The molecule has 2 rings (SSSR count). The Morgan fingerprint density at radius 1 is 1.28 bits per heavy atom. The highest BCUT2D eigenvalue weighted by molar-refractivity contribution is 6.42. The number of aliphatic carboxylic acids is 1. The van der Waals surface area contributed by atoms with Crippen LogP contribution in [0.3, 0.4) is 0 Å². The van der Waals surface area contributed by atoms with Crippen molar-refractivity contribution in [2.24, 2.45) is 0 Å². The van der Waals surface area contributed by atoms with E-state index in [2.05, 4.69) is 10.2 Å². The summed E-state index contributed by atoms with van der Waals surface area (Å²) in [6.45, 7) is 1.88. The molecule has 2 N–H and O–H groups in total. The van der Waals surface area contributed by atoms with E-state index >= 15 is 0 Å². The Kier molecular flexibility index (Phi) is 8.96. The highest BCUT2D eigenvalue weighted by atomic mass is 35.5. The first-order valence-electron chi connectivity index (χ1n) is 7.74. The molecule has 1 aromatic carbocycles. The van der Waals surface area contributed by atoms with E-state index in [1.54, 1.807) is 18.2 Å². The topological polar surface area (TPSA) is 72.9 Å². The van der Waals surface area contributed by atoms with Crippen LogP contribution in [0, 0.1) is 0 Å². The van der Waals surface area contributed by atoms with Crippen molar-refractivity contribution in [3.05, 3.63) is 28.2 Å². The molecule has 25 heavy (non-hydrogen) atoms. The van der Waals surface area contributed by atoms with E-state index in [0.29, 0.717) is 22.3 Å². The Bertz CT molecular complexity index is 608. The van der Waals surface area contributed by atoms with Crippen LogP contribution in [0.15, 0.2) is 18.2 Å². The number of piperidine rings is 1. The maximum atomic E-state index is 12.1. The summed E-state index contributed by atoms with van der Waals surface area (Å²) in [6, 6.07) is 5.22. The summed E-state index contributed by atoms with van der Waals surface area (Å²) < 4.78 is 0. The predicted octanol–water partition coefficient (Wildman–Crippen LogP) is 2.83. The Hall–Kier alpha value is -1.05. The van der Waals surface area contributed by atoms with E-state index in [0.717, 1.165) is 25.9 Å². The second-order valence-corrected chi connectivity index (χ2v) is 6.81. The van der Waals surface area contributed by atoms with E-state index in [-0.39, 0.29) is 30.9 Å². The van der Waals surface area contributed by atoms with Gasteiger partial charge >= 0.3 is 5.97 Å². The van der Waals surface area contributed by atoms with Gasteiger partial charge in [-0.15, -0.1) is 12.4 Å². The summed E-state index contributed by atoms with van der Waals surface area (Å²) in [6.07, 6.45) is 1.70. The van der Waals surface area contributed by atoms with Crippen molar-refractivity contribution < 1.29 is 14.7 Å². The standard InChI is InChI=1S/C16H21Cl2N3O3.ClH/c1-20(10-16(23)24)12-4-6-21(7-5-12)9-15(22)19-11-2-3-13(17)14(18)8-11;/h2-3,8,12H,4-7,9-10H2,1H3,(H,19,22)(H,23,24);1H. The van der Waals surface area contributed by atoms with Crippen LogP contribution in [0.25, 0.3) is 0 Å². The molecule has 0 aliphatic carbocycles. The zero-order valence-electron chi connectivity index (χ0n) is 13.9. The van der Waals surface area contributed by atoms with Crippen LogP contribution >= 0.6 is 35.6 Å². The van der Waals surface area contributed by atoms with E-state index in [1.165, 1.54) is 0 Å². The molecule has 0 bridgehead atoms. The van der Waals surface area contributed by atoms with Crippen LogP contribution in [0.2, 0.25) is 10.0 Å². The van der Waals surface area contributed by atoms with Gasteiger partial charge in [0, 0.05) is 24.8 Å². The molecule has 1 aromatic rings. The molecule has 1 aliphatic rings. The SMILES string of the molecule is CN(CC(=O)O)C1CCN(CC(=O)Nc2ccc(Cl)c(Cl)c2)CC1.Cl. The fraction of sp³-hybridized carbons (Fsp3) is 0.500. The Labute approximate surface area is 163 Å². The van der Waals surface area contributed by atoms with Crippen LogP contribution < -0.4 is 5.32 Å². The number of likely N-dealkylation sites (N-methyl/N-ethyl adjacent to an activating group) is 1. The number of hydrogen-bond acceptors (Lipinski definition) is 4. The Morgan fingerprint density at radius 2 is 1.92 bits per heavy atom. The molecule has 140 valence electrons. The van der Waals surface area contributed by atoms with Gasteiger partial charge in [0.1, 0.15) is 0 Å². The Morgan fingerprint density at radius 3 is 2.48 bits per heavy atom. The molecule has 6 nitrogen and oxygen atoms in total. The normalized spacial score (nSPS) is 15.7. The van der Waals surface area contributed by atoms with E-state index in [1.807, 2.05) is 11.9 Å². The van der Waals surface area contributed by atoms with Crippen LogP contribution in [0.5, 0.6) is 0 Å². The number of halogens is 3. The highest BCUT2D eigenvalue weighted by Crippen LogP contribution is 2.25. The van der Waals surface area contributed by atoms with Gasteiger partial charge in [-0.05, 0) is 38.1 Å². The molecular formula is C16H22Cl3N3O3. The summed E-state index contributed by atoms with van der Waals surface area (Å²) in [5.74, 6) is -0.924. The number of amides is 1. The lowest BCUT2D eigenvalue weighted by Crippen LogP contribution is -2.46. The minimum absolute atomic E-state index is 0. The van der Waals surface area contributed by atoms with Gasteiger partial charge in [0.2, 0.25) is 5.91 Å². The van der Waals surface area contributed by atoms with Gasteiger partial charge in [-0.2, -0.15) is 0 Å². The minimum atomic E-state index is -0.819. The van der Waals surface area contributed by atoms with Crippen LogP contribution in [0.4, 0.5) is 5.69 Å². The minimum Gasteiger partial charge on any atom is -0.480 e. The maximum Gasteiger partial charge on any atom is 0.317 e. The molecule has 1 amide bonds. The van der Waals surface area contributed by atoms with Crippen LogP contribution in [-0.2, 0) is 9.59 Å². The molecule has 0 atom stereocenters. The zero-order chi connectivity index (χ0) is 17.7. The number of benzene rings is 1. The number of nitrogens with zero attached hydrogens (tertiary/aromatic N) is 2. The van der Waals surface area contributed by atoms with Crippen molar-refractivity contribution in [1.29, 1.82) is 0 Å². The quantitative estimate of drug-likeness (QED) is 0.754. The number of carbonyl (C=O) groups is 2. The van der Waals surface area contributed by atoms with Crippen LogP contribution in [0.1, 0.15) is 12.8 Å². The van der Waals surface area contributed by atoms with Crippen molar-refractivity contribution in [3.63, 3.8) is 0 Å². The zero-order valence-corrected chi connectivity index (χ0v) is 16.2. The molecule has 0 radical (unpaired) electrons. The molecule has 1 aliphatic heterocycles. The maximum absolute atomic E-state index is 12.1. The molecular weight excluding hydrogens is 389 g/mol. The average Bonchev–Trinajstić information content (AvgIpc) is 2.51. The number of carboxylic acids is 1. The molecule has 1 heterocycles. The van der Waals surface area contributed by atoms with E-state index < -0.39 is 5.97 Å². The molecule has 0 saturated carbocycles. The lowest BCUT2D eigenvalue weighted by molar-refractivity contribution is -0.138. The molecule has 0 aromatic heterocycles. The van der Waals surface area contributed by atoms with Gasteiger partial charge in [-0.3, -0.25) is 19.4 Å². The number of rotatable bonds is 6. The highest BCUT2D eigenvalue weighted by Gasteiger charge is 2.24. The summed E-state index contributed by atoms with van der Waals surface area (Å²) in [7, 11) is 1.82. The number of carbonyl (C=O) groups excluding carboxylic acids is 1. The molecule has 0 spiro atoms. The van der Waals surface area contributed by atoms with Gasteiger partial charge in [0.15, 0.2) is 0 Å². The fourth-order valence-electron chi connectivity index (χ4n) is 2.84. The first kappa shape index (κ1) is 22.0. The Balaban J connectivity index is 0.00000312. The second kappa shape index (κ2) is 10.2. The predicted molar refractivity (Wildman–Crippen MR) is 102 cm³/mol.